The molecule has 182 valence electrons. The maximum absolute atomic E-state index is 12.2. The number of carbonyl (C=O) groups is 2. The van der Waals surface area contributed by atoms with Crippen molar-refractivity contribution < 1.29 is 14.7 Å². The molecule has 0 unspecified atom stereocenters. The zero-order chi connectivity index (χ0) is 25.6. The van der Waals surface area contributed by atoms with Gasteiger partial charge in [-0.2, -0.15) is 0 Å². The first-order chi connectivity index (χ1) is 16.9. The van der Waals surface area contributed by atoms with E-state index in [-0.39, 0.29) is 18.1 Å². The maximum atomic E-state index is 12.2. The zero-order valence-electron chi connectivity index (χ0n) is 19.1. The summed E-state index contributed by atoms with van der Waals surface area (Å²) in [5.74, 6) is 0.908. The van der Waals surface area contributed by atoms with E-state index in [4.69, 9.17) is 16.4 Å². The first kappa shape index (κ1) is 28.0. The minimum Gasteiger partial charge on any atom is -0.508 e. The minimum absolute atomic E-state index is 0.141. The monoisotopic (exact) mass is 527 g/mol. The van der Waals surface area contributed by atoms with E-state index in [0.717, 1.165) is 38.0 Å². The van der Waals surface area contributed by atoms with E-state index in [9.17, 15) is 9.90 Å². The number of hydrogen-bond acceptors (Lipinski definition) is 6. The van der Waals surface area contributed by atoms with Gasteiger partial charge in [0, 0.05) is 45.1 Å². The molecule has 0 aromatic heterocycles. The number of carbonyl (C=O) groups excluding carboxylic acids is 2. The third-order valence-corrected chi connectivity index (χ3v) is 6.94. The average Bonchev–Trinajstić information content (AvgIpc) is 2.85. The van der Waals surface area contributed by atoms with Crippen LogP contribution >= 0.6 is 35.1 Å². The number of allylic oxidation sites excluding steroid dienone is 1. The summed E-state index contributed by atoms with van der Waals surface area (Å²) in [5.41, 5.74) is 7.04. The van der Waals surface area contributed by atoms with E-state index in [1.165, 1.54) is 11.8 Å². The van der Waals surface area contributed by atoms with Crippen LogP contribution in [0.3, 0.4) is 0 Å². The van der Waals surface area contributed by atoms with Crippen LogP contribution in [-0.2, 0) is 17.0 Å². The number of phenolic OH excluding ortho intramolecular Hbond substituents is 1. The van der Waals surface area contributed by atoms with Crippen LogP contribution in [-0.4, -0.2) is 31.2 Å². The molecule has 4 N–H and O–H groups in total. The van der Waals surface area contributed by atoms with Crippen molar-refractivity contribution in [1.82, 2.24) is 5.32 Å². The van der Waals surface area contributed by atoms with Gasteiger partial charge in [-0.3, -0.25) is 14.6 Å². The number of aromatic hydroxyl groups is 1. The Bertz CT molecular complexity index is 1170. The third-order valence-electron chi connectivity index (χ3n) is 4.54. The highest BCUT2D eigenvalue weighted by atomic mass is 35.5. The van der Waals surface area contributed by atoms with Crippen molar-refractivity contribution in [3.05, 3.63) is 99.5 Å². The molecule has 2 amide bonds. The Morgan fingerprint density at radius 2 is 1.74 bits per heavy atom. The molecule has 0 aliphatic heterocycles. The van der Waals surface area contributed by atoms with Crippen LogP contribution in [0.25, 0.3) is 0 Å². The van der Waals surface area contributed by atoms with Crippen molar-refractivity contribution in [1.29, 1.82) is 0 Å². The molecule has 3 aromatic rings. The molecule has 6 nitrogen and oxygen atoms in total. The van der Waals surface area contributed by atoms with E-state index in [1.807, 2.05) is 24.3 Å². The molecule has 0 atom stereocenters. The third kappa shape index (κ3) is 9.52. The molecule has 3 rings (SSSR count). The topological polar surface area (TPSA) is 105 Å². The number of thioether (sulfide) groups is 1. The molecule has 3 aromatic carbocycles. The first-order valence-electron chi connectivity index (χ1n) is 10.4. The molecule has 0 fully saturated rings. The van der Waals surface area contributed by atoms with E-state index in [2.05, 4.69) is 34.9 Å². The minimum atomic E-state index is -0.141. The van der Waals surface area contributed by atoms with E-state index in [1.54, 1.807) is 55.3 Å². The van der Waals surface area contributed by atoms with Crippen LogP contribution in [0.15, 0.2) is 92.6 Å². The molecule has 35 heavy (non-hydrogen) atoms. The lowest BCUT2D eigenvalue weighted by Crippen LogP contribution is -2.18. The van der Waals surface area contributed by atoms with Gasteiger partial charge in [-0.1, -0.05) is 47.6 Å². The van der Waals surface area contributed by atoms with Crippen molar-refractivity contribution in [2.75, 3.05) is 7.05 Å². The molecule has 0 saturated heterocycles. The Labute approximate surface area is 218 Å². The number of nitrogens with one attached hydrogen (secondary N) is 1. The molecule has 0 bridgehead atoms. The number of hydrogen-bond donors (Lipinski definition) is 3. The summed E-state index contributed by atoms with van der Waals surface area (Å²) >= 11 is 9.35. The van der Waals surface area contributed by atoms with Crippen LogP contribution < -0.4 is 11.1 Å². The maximum Gasteiger partial charge on any atom is 0.252 e. The summed E-state index contributed by atoms with van der Waals surface area (Å²) in [6.07, 6.45) is 2.78. The zero-order valence-corrected chi connectivity index (χ0v) is 21.5. The number of aliphatic imine (C=N–C) groups is 1. The van der Waals surface area contributed by atoms with Gasteiger partial charge in [0.05, 0.1) is 5.56 Å². The Kier molecular flexibility index (Phi) is 12.0. The highest BCUT2D eigenvalue weighted by molar-refractivity contribution is 8.02. The Balaban J connectivity index is 0.00000137. The van der Waals surface area contributed by atoms with E-state index >= 15 is 0 Å². The fraction of sp³-hybridized carbons (Fsp3) is 0.115. The Hall–Kier alpha value is -3.20. The van der Waals surface area contributed by atoms with E-state index < -0.39 is 0 Å². The molecule has 0 radical (unpaired) electrons. The summed E-state index contributed by atoms with van der Waals surface area (Å²) in [4.78, 5) is 27.6. The molecular formula is C26H26ClN3O3S2. The second-order valence-electron chi connectivity index (χ2n) is 7.01. The average molecular weight is 528 g/mol. The molecule has 0 spiro atoms. The number of benzene rings is 3. The molecular weight excluding hydrogens is 502 g/mol. The summed E-state index contributed by atoms with van der Waals surface area (Å²) in [6, 6.07) is 20.7. The lowest BCUT2D eigenvalue weighted by molar-refractivity contribution is -0.106. The van der Waals surface area contributed by atoms with E-state index in [0.29, 0.717) is 10.6 Å². The van der Waals surface area contributed by atoms with Gasteiger partial charge in [0.15, 0.2) is 0 Å². The number of nitrogens with two attached hydrogens (primary N) is 1. The highest BCUT2D eigenvalue weighted by Crippen LogP contribution is 2.33. The summed E-state index contributed by atoms with van der Waals surface area (Å²) in [5, 5.41) is 12.7. The normalized spacial score (nSPS) is 10.6. The number of primary amides is 1. The van der Waals surface area contributed by atoms with Crippen LogP contribution in [0.5, 0.6) is 5.75 Å². The van der Waals surface area contributed by atoms with Gasteiger partial charge in [-0.25, -0.2) is 0 Å². The van der Waals surface area contributed by atoms with Crippen LogP contribution in [0.2, 0.25) is 5.02 Å². The van der Waals surface area contributed by atoms with Crippen molar-refractivity contribution in [2.24, 2.45) is 10.7 Å². The van der Waals surface area contributed by atoms with Crippen molar-refractivity contribution >= 4 is 54.2 Å². The number of phenols is 1. The summed E-state index contributed by atoms with van der Waals surface area (Å²) in [7, 11) is 1.61. The van der Waals surface area contributed by atoms with Crippen molar-refractivity contribution in [3.63, 3.8) is 0 Å². The van der Waals surface area contributed by atoms with Gasteiger partial charge in [0.2, 0.25) is 6.41 Å². The van der Waals surface area contributed by atoms with Crippen molar-refractivity contribution in [3.8, 4) is 5.75 Å². The van der Waals surface area contributed by atoms with Gasteiger partial charge < -0.3 is 16.2 Å². The molecule has 0 saturated carbocycles. The van der Waals surface area contributed by atoms with Crippen LogP contribution in [0, 0.1) is 0 Å². The second kappa shape index (κ2) is 14.9. The summed E-state index contributed by atoms with van der Waals surface area (Å²) in [6.45, 7) is 3.59. The number of rotatable bonds is 9. The number of nitrogens with zero attached hydrogens (tertiary/aromatic N) is 1. The van der Waals surface area contributed by atoms with Gasteiger partial charge in [-0.05, 0) is 60.3 Å². The predicted octanol–water partition coefficient (Wildman–Crippen LogP) is 5.68. The van der Waals surface area contributed by atoms with Gasteiger partial charge in [-0.15, -0.1) is 11.8 Å². The van der Waals surface area contributed by atoms with Gasteiger partial charge >= 0.3 is 0 Å². The Morgan fingerprint density at radius 1 is 1.11 bits per heavy atom. The molecule has 9 heteroatoms. The fourth-order valence-corrected chi connectivity index (χ4v) is 5.09. The van der Waals surface area contributed by atoms with Gasteiger partial charge in [0.25, 0.3) is 5.91 Å². The molecule has 0 heterocycles. The fourth-order valence-electron chi connectivity index (χ4n) is 2.91. The standard InChI is InChI=1S/C25H23ClN2O2S2.CH3NO/c1-27-15-22(31-16-18-3-8-20(29)9-4-18)13-17-5-10-21(11-6-17)32-24-14-19(26)7-12-23(24)25(30)28-2;2-1-3/h3-12,14-15,29H,1,13,16H2,2H3,(H,28,30);1H,(H2,2,3)/b22-15-;. The summed E-state index contributed by atoms with van der Waals surface area (Å²) < 4.78 is 0. The lowest BCUT2D eigenvalue weighted by Gasteiger charge is -2.10. The van der Waals surface area contributed by atoms with Crippen LogP contribution in [0.4, 0.5) is 0 Å². The van der Waals surface area contributed by atoms with Crippen LogP contribution in [0.1, 0.15) is 21.5 Å². The molecule has 0 aliphatic rings. The Morgan fingerprint density at radius 3 is 2.34 bits per heavy atom. The molecule has 0 aliphatic carbocycles. The van der Waals surface area contributed by atoms with Gasteiger partial charge in [0.1, 0.15) is 5.75 Å². The smallest absolute Gasteiger partial charge is 0.252 e. The SMILES string of the molecule is C=N/C=C(/Cc1ccc(Sc2cc(Cl)ccc2C(=O)NC)cc1)SCc1ccc(O)cc1.NC=O. The number of amides is 2. The lowest BCUT2D eigenvalue weighted by atomic mass is 10.1. The predicted molar refractivity (Wildman–Crippen MR) is 146 cm³/mol. The number of halogens is 1. The second-order valence-corrected chi connectivity index (χ2v) is 9.67. The quantitative estimate of drug-likeness (QED) is 0.245. The largest absolute Gasteiger partial charge is 0.508 e. The first-order valence-corrected chi connectivity index (χ1v) is 12.6. The van der Waals surface area contributed by atoms with Crippen molar-refractivity contribution in [2.45, 2.75) is 22.0 Å². The highest BCUT2D eigenvalue weighted by Gasteiger charge is 2.12.